The third-order valence-corrected chi connectivity index (χ3v) is 2.93. The number of nitrogens with one attached hydrogen (secondary N) is 1. The predicted octanol–water partition coefficient (Wildman–Crippen LogP) is 2.30. The Morgan fingerprint density at radius 2 is 1.94 bits per heavy atom. The van der Waals surface area contributed by atoms with Gasteiger partial charge in [0.05, 0.1) is 0 Å². The van der Waals surface area contributed by atoms with Crippen LogP contribution < -0.4 is 11.1 Å². The highest BCUT2D eigenvalue weighted by Crippen LogP contribution is 2.22. The molecule has 0 aliphatic carbocycles. The van der Waals surface area contributed by atoms with Gasteiger partial charge in [0.15, 0.2) is 0 Å². The van der Waals surface area contributed by atoms with Crippen LogP contribution in [0.15, 0.2) is 29.2 Å². The zero-order chi connectivity index (χ0) is 12.0. The van der Waals surface area contributed by atoms with Crippen LogP contribution in [0.1, 0.15) is 24.2 Å². The van der Waals surface area contributed by atoms with E-state index in [9.17, 15) is 4.79 Å². The number of hydrogen-bond acceptors (Lipinski definition) is 3. The van der Waals surface area contributed by atoms with Crippen LogP contribution in [0, 0.1) is 0 Å². The number of amides is 1. The molecule has 0 spiro atoms. The minimum absolute atomic E-state index is 0. The predicted molar refractivity (Wildman–Crippen MR) is 76.1 cm³/mol. The fourth-order valence-electron chi connectivity index (χ4n) is 1.24. The molecule has 0 bridgehead atoms. The van der Waals surface area contributed by atoms with Crippen molar-refractivity contribution in [1.82, 2.24) is 5.32 Å². The molecule has 1 rings (SSSR count). The molecule has 0 unspecified atom stereocenters. The highest BCUT2D eigenvalue weighted by Gasteiger charge is 2.04. The van der Waals surface area contributed by atoms with E-state index >= 15 is 0 Å². The maximum atomic E-state index is 11.6. The summed E-state index contributed by atoms with van der Waals surface area (Å²) in [6, 6.07) is 7.64. The summed E-state index contributed by atoms with van der Waals surface area (Å²) in [5.74, 6) is -0.0634. The second-order valence-electron chi connectivity index (χ2n) is 3.74. The van der Waals surface area contributed by atoms with E-state index in [0.29, 0.717) is 23.9 Å². The van der Waals surface area contributed by atoms with Crippen molar-refractivity contribution in [2.75, 3.05) is 13.1 Å². The summed E-state index contributed by atoms with van der Waals surface area (Å²) in [5, 5.41) is 3.29. The molecule has 0 aliphatic heterocycles. The van der Waals surface area contributed by atoms with Crippen LogP contribution in [0.5, 0.6) is 0 Å². The lowest BCUT2D eigenvalue weighted by Crippen LogP contribution is -2.28. The molecular formula is C12H19ClN2OS. The molecule has 0 aliphatic rings. The van der Waals surface area contributed by atoms with E-state index in [0.717, 1.165) is 0 Å². The van der Waals surface area contributed by atoms with Crippen LogP contribution >= 0.6 is 24.2 Å². The lowest BCUT2D eigenvalue weighted by Gasteiger charge is -2.06. The van der Waals surface area contributed by atoms with E-state index in [4.69, 9.17) is 5.73 Å². The normalized spacial score (nSPS) is 9.88. The van der Waals surface area contributed by atoms with Gasteiger partial charge in [-0.05, 0) is 24.3 Å². The molecule has 1 aromatic rings. The van der Waals surface area contributed by atoms with E-state index in [1.807, 2.05) is 24.3 Å². The summed E-state index contributed by atoms with van der Waals surface area (Å²) in [7, 11) is 0. The average molecular weight is 275 g/mol. The van der Waals surface area contributed by atoms with Crippen molar-refractivity contribution in [2.45, 2.75) is 24.0 Å². The number of carbonyl (C=O) groups excluding carboxylic acids is 1. The zero-order valence-electron chi connectivity index (χ0n) is 10.1. The summed E-state index contributed by atoms with van der Waals surface area (Å²) in [6.45, 7) is 5.27. The first-order valence-corrected chi connectivity index (χ1v) is 6.26. The van der Waals surface area contributed by atoms with Gasteiger partial charge in [-0.25, -0.2) is 0 Å². The van der Waals surface area contributed by atoms with Crippen LogP contribution in [0.4, 0.5) is 0 Å². The zero-order valence-corrected chi connectivity index (χ0v) is 11.7. The molecule has 1 amide bonds. The molecule has 3 N–H and O–H groups in total. The molecule has 1 aromatic carbocycles. The van der Waals surface area contributed by atoms with Crippen molar-refractivity contribution in [1.29, 1.82) is 0 Å². The number of hydrogen-bond donors (Lipinski definition) is 2. The Morgan fingerprint density at radius 3 is 2.41 bits per heavy atom. The van der Waals surface area contributed by atoms with E-state index < -0.39 is 0 Å². The topological polar surface area (TPSA) is 55.1 Å². The maximum Gasteiger partial charge on any atom is 0.251 e. The number of benzene rings is 1. The molecule has 0 saturated heterocycles. The molecule has 5 heteroatoms. The smallest absolute Gasteiger partial charge is 0.251 e. The van der Waals surface area contributed by atoms with Crippen molar-refractivity contribution in [3.63, 3.8) is 0 Å². The van der Waals surface area contributed by atoms with Crippen LogP contribution in [-0.2, 0) is 0 Å². The summed E-state index contributed by atoms with van der Waals surface area (Å²) in [6.07, 6.45) is 0. The largest absolute Gasteiger partial charge is 0.351 e. The van der Waals surface area contributed by atoms with Gasteiger partial charge in [-0.2, -0.15) is 0 Å². The number of thioether (sulfide) groups is 1. The van der Waals surface area contributed by atoms with Crippen molar-refractivity contribution in [3.8, 4) is 0 Å². The third-order valence-electron chi connectivity index (χ3n) is 1.92. The van der Waals surface area contributed by atoms with E-state index in [-0.39, 0.29) is 18.3 Å². The Morgan fingerprint density at radius 1 is 1.35 bits per heavy atom. The molecule has 17 heavy (non-hydrogen) atoms. The summed E-state index contributed by atoms with van der Waals surface area (Å²) >= 11 is 1.78. The Hall–Kier alpha value is -0.710. The second kappa shape index (κ2) is 8.39. The monoisotopic (exact) mass is 274 g/mol. The molecule has 0 atom stereocenters. The van der Waals surface area contributed by atoms with Gasteiger partial charge in [-0.1, -0.05) is 13.8 Å². The van der Waals surface area contributed by atoms with Crippen LogP contribution in [-0.4, -0.2) is 24.2 Å². The van der Waals surface area contributed by atoms with Crippen molar-refractivity contribution >= 4 is 30.1 Å². The van der Waals surface area contributed by atoms with Crippen LogP contribution in [0.3, 0.4) is 0 Å². The standard InChI is InChI=1S/C12H18N2OS.ClH/c1-9(2)16-11-5-3-10(4-6-11)12(15)14-8-7-13;/h3-6,9H,7-8,13H2,1-2H3,(H,14,15);1H. The Balaban J connectivity index is 0.00000256. The fraction of sp³-hybridized carbons (Fsp3) is 0.417. The Bertz CT molecular complexity index is 341. The van der Waals surface area contributed by atoms with Gasteiger partial charge in [-0.3, -0.25) is 4.79 Å². The van der Waals surface area contributed by atoms with Gasteiger partial charge < -0.3 is 11.1 Å². The van der Waals surface area contributed by atoms with E-state index in [1.165, 1.54) is 4.90 Å². The van der Waals surface area contributed by atoms with Gasteiger partial charge in [0.25, 0.3) is 5.91 Å². The molecule has 0 saturated carbocycles. The lowest BCUT2D eigenvalue weighted by molar-refractivity contribution is 0.0954. The van der Waals surface area contributed by atoms with E-state index in [2.05, 4.69) is 19.2 Å². The third kappa shape index (κ3) is 5.96. The van der Waals surface area contributed by atoms with Gasteiger partial charge >= 0.3 is 0 Å². The molecule has 3 nitrogen and oxygen atoms in total. The fourth-order valence-corrected chi connectivity index (χ4v) is 2.08. The SMILES string of the molecule is CC(C)Sc1ccc(C(=O)NCCN)cc1.Cl. The number of rotatable bonds is 5. The molecular weight excluding hydrogens is 256 g/mol. The van der Waals surface area contributed by atoms with Gasteiger partial charge in [-0.15, -0.1) is 24.2 Å². The number of halogens is 1. The minimum atomic E-state index is -0.0634. The molecule has 0 radical (unpaired) electrons. The molecule has 0 fully saturated rings. The minimum Gasteiger partial charge on any atom is -0.351 e. The van der Waals surface area contributed by atoms with Crippen molar-refractivity contribution in [2.24, 2.45) is 5.73 Å². The summed E-state index contributed by atoms with van der Waals surface area (Å²) in [5.41, 5.74) is 6.00. The molecule has 96 valence electrons. The number of nitrogens with two attached hydrogens (primary N) is 1. The van der Waals surface area contributed by atoms with Crippen molar-refractivity contribution < 1.29 is 4.79 Å². The average Bonchev–Trinajstić information content (AvgIpc) is 2.26. The van der Waals surface area contributed by atoms with Gasteiger partial charge in [0, 0.05) is 28.8 Å². The molecule has 0 heterocycles. The van der Waals surface area contributed by atoms with E-state index in [1.54, 1.807) is 11.8 Å². The first-order chi connectivity index (χ1) is 7.63. The Kier molecular flexibility index (Phi) is 8.04. The first kappa shape index (κ1) is 16.3. The lowest BCUT2D eigenvalue weighted by atomic mass is 10.2. The Labute approximate surface area is 113 Å². The second-order valence-corrected chi connectivity index (χ2v) is 5.39. The number of carbonyl (C=O) groups is 1. The van der Waals surface area contributed by atoms with Crippen LogP contribution in [0.25, 0.3) is 0 Å². The maximum absolute atomic E-state index is 11.6. The van der Waals surface area contributed by atoms with Gasteiger partial charge in [0.2, 0.25) is 0 Å². The summed E-state index contributed by atoms with van der Waals surface area (Å²) < 4.78 is 0. The summed E-state index contributed by atoms with van der Waals surface area (Å²) in [4.78, 5) is 12.7. The molecule has 0 aromatic heterocycles. The highest BCUT2D eigenvalue weighted by atomic mass is 35.5. The van der Waals surface area contributed by atoms with Gasteiger partial charge in [0.1, 0.15) is 0 Å². The van der Waals surface area contributed by atoms with Crippen LogP contribution in [0.2, 0.25) is 0 Å². The highest BCUT2D eigenvalue weighted by molar-refractivity contribution is 7.99. The first-order valence-electron chi connectivity index (χ1n) is 5.38. The quantitative estimate of drug-likeness (QED) is 0.810. The van der Waals surface area contributed by atoms with Crippen molar-refractivity contribution in [3.05, 3.63) is 29.8 Å².